The van der Waals surface area contributed by atoms with Gasteiger partial charge < -0.3 is 20.1 Å². The van der Waals surface area contributed by atoms with Gasteiger partial charge in [0.05, 0.1) is 5.56 Å². The number of para-hydroxylation sites is 1. The zero-order valence-electron chi connectivity index (χ0n) is 18.5. The Bertz CT molecular complexity index is 1230. The minimum absolute atomic E-state index is 0.0417. The average Bonchev–Trinajstić information content (AvgIpc) is 2.73. The van der Waals surface area contributed by atoms with E-state index in [0.717, 1.165) is 17.7 Å². The van der Waals surface area contributed by atoms with E-state index in [1.165, 1.54) is 24.4 Å². The van der Waals surface area contributed by atoms with E-state index in [0.29, 0.717) is 11.3 Å². The second kappa shape index (κ2) is 9.70. The number of rotatable bonds is 5. The average molecular weight is 470 g/mol. The molecule has 7 nitrogen and oxygen atoms in total. The lowest BCUT2D eigenvalue weighted by atomic mass is 9.85. The number of halogens is 3. The number of nitriles is 1. The van der Waals surface area contributed by atoms with Crippen molar-refractivity contribution in [3.05, 3.63) is 71.9 Å². The summed E-state index contributed by atoms with van der Waals surface area (Å²) in [6, 6.07) is 14.5. The summed E-state index contributed by atoms with van der Waals surface area (Å²) in [4.78, 5) is 16.7. The number of anilines is 2. The summed E-state index contributed by atoms with van der Waals surface area (Å²) in [5, 5.41) is 14.5. The summed E-state index contributed by atoms with van der Waals surface area (Å²) in [6.45, 7) is 5.91. The summed E-state index contributed by atoms with van der Waals surface area (Å²) in [5.41, 5.74) is 1.00. The predicted molar refractivity (Wildman–Crippen MR) is 120 cm³/mol. The lowest BCUT2D eigenvalue weighted by Gasteiger charge is -2.23. The molecule has 0 radical (unpaired) electrons. The summed E-state index contributed by atoms with van der Waals surface area (Å²) in [6.07, 6.45) is -3.39. The van der Waals surface area contributed by atoms with Gasteiger partial charge in [-0.25, -0.2) is 9.78 Å². The molecule has 0 saturated carbocycles. The molecule has 0 spiro atoms. The van der Waals surface area contributed by atoms with Crippen molar-refractivity contribution in [1.82, 2.24) is 4.98 Å². The van der Waals surface area contributed by atoms with Crippen LogP contribution >= 0.6 is 0 Å². The first kappa shape index (κ1) is 24.4. The van der Waals surface area contributed by atoms with Crippen LogP contribution in [-0.4, -0.2) is 17.4 Å². The highest BCUT2D eigenvalue weighted by Gasteiger charge is 2.31. The first-order valence-electron chi connectivity index (χ1n) is 10.1. The Morgan fingerprint density at radius 2 is 1.76 bits per heavy atom. The van der Waals surface area contributed by atoms with Crippen molar-refractivity contribution in [2.24, 2.45) is 0 Å². The normalized spacial score (nSPS) is 11.3. The number of nitrogens with one attached hydrogen (secondary N) is 2. The van der Waals surface area contributed by atoms with Crippen LogP contribution in [0.3, 0.4) is 0 Å². The largest absolute Gasteiger partial charge is 0.573 e. The van der Waals surface area contributed by atoms with Gasteiger partial charge in [0.1, 0.15) is 17.5 Å². The zero-order chi connectivity index (χ0) is 24.9. The van der Waals surface area contributed by atoms with Crippen LogP contribution < -0.4 is 20.1 Å². The molecule has 1 aromatic heterocycles. The Balaban J connectivity index is 1.82. The fraction of sp³-hybridized carbons (Fsp3) is 0.208. The van der Waals surface area contributed by atoms with E-state index >= 15 is 0 Å². The van der Waals surface area contributed by atoms with E-state index in [9.17, 15) is 23.2 Å². The number of carbonyl (C=O) groups is 1. The van der Waals surface area contributed by atoms with Crippen molar-refractivity contribution < 1.29 is 27.4 Å². The van der Waals surface area contributed by atoms with Gasteiger partial charge in [0.15, 0.2) is 5.75 Å². The fourth-order valence-corrected chi connectivity index (χ4v) is 3.05. The van der Waals surface area contributed by atoms with Crippen molar-refractivity contribution in [3.63, 3.8) is 0 Å². The van der Waals surface area contributed by atoms with E-state index in [2.05, 4.69) is 26.4 Å². The molecule has 2 amide bonds. The molecule has 0 saturated heterocycles. The lowest BCUT2D eigenvalue weighted by molar-refractivity contribution is -0.274. The first-order chi connectivity index (χ1) is 16.0. The van der Waals surface area contributed by atoms with Gasteiger partial charge in [0.25, 0.3) is 0 Å². The highest BCUT2D eigenvalue weighted by atomic mass is 19.4. The van der Waals surface area contributed by atoms with E-state index < -0.39 is 18.1 Å². The number of aromatic nitrogens is 1. The van der Waals surface area contributed by atoms with Crippen LogP contribution in [0.15, 0.2) is 60.8 Å². The SMILES string of the molecule is CC(C)(C)c1cccc(C#N)c1Oc1ncccc1NC(=O)Nc1cccc(OC(F)(F)F)c1. The smallest absolute Gasteiger partial charge is 0.435 e. The minimum atomic E-state index is -4.85. The summed E-state index contributed by atoms with van der Waals surface area (Å²) < 4.78 is 47.2. The molecule has 3 rings (SSSR count). The maximum Gasteiger partial charge on any atom is 0.573 e. The number of nitrogens with zero attached hydrogens (tertiary/aromatic N) is 2. The Labute approximate surface area is 194 Å². The van der Waals surface area contributed by atoms with Crippen LogP contribution in [0, 0.1) is 11.3 Å². The molecule has 2 aromatic carbocycles. The zero-order valence-corrected chi connectivity index (χ0v) is 18.5. The van der Waals surface area contributed by atoms with Crippen LogP contribution in [0.1, 0.15) is 31.9 Å². The van der Waals surface area contributed by atoms with Gasteiger partial charge in [-0.05, 0) is 35.7 Å². The first-order valence-corrected chi connectivity index (χ1v) is 10.1. The maximum atomic E-state index is 12.5. The van der Waals surface area contributed by atoms with Crippen LogP contribution in [0.2, 0.25) is 0 Å². The Morgan fingerprint density at radius 3 is 2.44 bits per heavy atom. The molecule has 3 aromatic rings. The number of hydrogen-bond donors (Lipinski definition) is 2. The molecule has 2 N–H and O–H groups in total. The van der Waals surface area contributed by atoms with Crippen LogP contribution in [0.4, 0.5) is 29.3 Å². The molecule has 0 aliphatic carbocycles. The van der Waals surface area contributed by atoms with Crippen molar-refractivity contribution in [3.8, 4) is 23.4 Å². The van der Waals surface area contributed by atoms with E-state index in [1.807, 2.05) is 26.8 Å². The predicted octanol–water partition coefficient (Wildman–Crippen LogP) is 6.59. The van der Waals surface area contributed by atoms with Gasteiger partial charge >= 0.3 is 12.4 Å². The quantitative estimate of drug-likeness (QED) is 0.439. The van der Waals surface area contributed by atoms with Crippen molar-refractivity contribution in [2.45, 2.75) is 32.5 Å². The number of ether oxygens (including phenoxy) is 2. The topological polar surface area (TPSA) is 96.3 Å². The minimum Gasteiger partial charge on any atom is -0.435 e. The molecule has 0 aliphatic rings. The number of urea groups is 1. The molecule has 10 heteroatoms. The molecule has 0 aliphatic heterocycles. The van der Waals surface area contributed by atoms with Gasteiger partial charge in [0.2, 0.25) is 5.88 Å². The third kappa shape index (κ3) is 6.38. The number of carbonyl (C=O) groups excluding carboxylic acids is 1. The molecule has 176 valence electrons. The van der Waals surface area contributed by atoms with Crippen molar-refractivity contribution >= 4 is 17.4 Å². The Hall–Kier alpha value is -4.26. The lowest BCUT2D eigenvalue weighted by Crippen LogP contribution is -2.21. The van der Waals surface area contributed by atoms with Gasteiger partial charge in [-0.1, -0.05) is 39.0 Å². The molecule has 0 unspecified atom stereocenters. The fourth-order valence-electron chi connectivity index (χ4n) is 3.05. The van der Waals surface area contributed by atoms with Crippen LogP contribution in [-0.2, 0) is 5.41 Å². The van der Waals surface area contributed by atoms with Gasteiger partial charge in [-0.3, -0.25) is 0 Å². The highest BCUT2D eigenvalue weighted by molar-refractivity contribution is 6.00. The molecule has 0 bridgehead atoms. The third-order valence-electron chi connectivity index (χ3n) is 4.49. The van der Waals surface area contributed by atoms with Crippen molar-refractivity contribution in [2.75, 3.05) is 10.6 Å². The Morgan fingerprint density at radius 1 is 1.03 bits per heavy atom. The van der Waals surface area contributed by atoms with E-state index in [4.69, 9.17) is 4.74 Å². The molecule has 34 heavy (non-hydrogen) atoms. The third-order valence-corrected chi connectivity index (χ3v) is 4.49. The van der Waals surface area contributed by atoms with Gasteiger partial charge in [0, 0.05) is 23.5 Å². The molecule has 0 atom stereocenters. The Kier molecular flexibility index (Phi) is 6.96. The standard InChI is InChI=1S/C24H21F3N4O3/c1-23(2,3)18-10-4-7-15(14-28)20(18)33-21-19(11-6-12-29-21)31-22(32)30-16-8-5-9-17(13-16)34-24(25,26)27/h4-13H,1-3H3,(H2,30,31,32). The molecular formula is C24H21F3N4O3. The second-order valence-electron chi connectivity index (χ2n) is 8.16. The van der Waals surface area contributed by atoms with E-state index in [-0.39, 0.29) is 22.7 Å². The van der Waals surface area contributed by atoms with Crippen LogP contribution in [0.5, 0.6) is 17.4 Å². The summed E-state index contributed by atoms with van der Waals surface area (Å²) in [5.74, 6) is -0.116. The molecule has 1 heterocycles. The number of hydrogen-bond acceptors (Lipinski definition) is 5. The monoisotopic (exact) mass is 470 g/mol. The van der Waals surface area contributed by atoms with Gasteiger partial charge in [-0.2, -0.15) is 5.26 Å². The van der Waals surface area contributed by atoms with Crippen LogP contribution in [0.25, 0.3) is 0 Å². The second-order valence-corrected chi connectivity index (χ2v) is 8.16. The number of pyridine rings is 1. The van der Waals surface area contributed by atoms with Gasteiger partial charge in [-0.15, -0.1) is 13.2 Å². The highest BCUT2D eigenvalue weighted by Crippen LogP contribution is 2.38. The number of benzene rings is 2. The molecule has 0 fully saturated rings. The number of alkyl halides is 3. The van der Waals surface area contributed by atoms with E-state index in [1.54, 1.807) is 18.2 Å². The maximum absolute atomic E-state index is 12.5. The molecular weight excluding hydrogens is 449 g/mol. The number of amides is 2. The summed E-state index contributed by atoms with van der Waals surface area (Å²) in [7, 11) is 0. The van der Waals surface area contributed by atoms with Crippen molar-refractivity contribution in [1.29, 1.82) is 5.26 Å². The summed E-state index contributed by atoms with van der Waals surface area (Å²) >= 11 is 0.